The zero-order valence-electron chi connectivity index (χ0n) is 15.2. The van der Waals surface area contributed by atoms with Crippen molar-refractivity contribution in [2.24, 2.45) is 4.74 Å². The Bertz CT molecular complexity index is 848. The molecule has 0 aliphatic carbocycles. The summed E-state index contributed by atoms with van der Waals surface area (Å²) in [5.41, 5.74) is 0. The predicted molar refractivity (Wildman–Crippen MR) is 113 cm³/mol. The topological polar surface area (TPSA) is 38.7 Å². The van der Waals surface area contributed by atoms with Crippen LogP contribution >= 0.6 is 7.05 Å². The van der Waals surface area contributed by atoms with Crippen LogP contribution in [0.4, 0.5) is 0 Å². The highest BCUT2D eigenvalue weighted by molar-refractivity contribution is 7.87. The molecule has 0 amide bonds. The second kappa shape index (κ2) is 9.16. The van der Waals surface area contributed by atoms with Crippen LogP contribution in [0.5, 0.6) is 0 Å². The lowest BCUT2D eigenvalue weighted by atomic mass is 10.4. The summed E-state index contributed by atoms with van der Waals surface area (Å²) in [5, 5.41) is 3.41. The van der Waals surface area contributed by atoms with E-state index < -0.39 is 7.05 Å². The van der Waals surface area contributed by atoms with Crippen molar-refractivity contribution in [1.29, 1.82) is 0 Å². The van der Waals surface area contributed by atoms with Crippen LogP contribution < -0.4 is 15.9 Å². The fourth-order valence-corrected chi connectivity index (χ4v) is 6.33. The lowest BCUT2D eigenvalue weighted by molar-refractivity contribution is -0.137. The molecule has 0 saturated carbocycles. The molecule has 0 atom stereocenters. The Balaban J connectivity index is 2.28. The van der Waals surface area contributed by atoms with Crippen LogP contribution in [0, 0.1) is 0 Å². The summed E-state index contributed by atoms with van der Waals surface area (Å²) in [4.78, 5) is 11.8. The van der Waals surface area contributed by atoms with Gasteiger partial charge >= 0.3 is 5.97 Å². The monoisotopic (exact) mass is 375 g/mol. The van der Waals surface area contributed by atoms with Crippen LogP contribution in [0.3, 0.4) is 0 Å². The van der Waals surface area contributed by atoms with E-state index >= 15 is 0 Å². The number of esters is 1. The normalized spacial score (nSPS) is 11.3. The Labute approximate surface area is 160 Å². The summed E-state index contributed by atoms with van der Waals surface area (Å²) in [7, 11) is -2.30. The standard InChI is InChI=1S/C23H22NO2P/c1-2-26-23(25)18-19-24-27(20-12-6-3-7-13-20,21-14-8-4-9-15-21)22-16-10-5-11-17-22/h3-19H,2H2,1H3/b19-18+. The van der Waals surface area contributed by atoms with Gasteiger partial charge in [-0.3, -0.25) is 4.74 Å². The third-order valence-electron chi connectivity index (χ3n) is 4.13. The van der Waals surface area contributed by atoms with Gasteiger partial charge in [0.15, 0.2) is 0 Å². The highest BCUT2D eigenvalue weighted by Gasteiger charge is 2.26. The van der Waals surface area contributed by atoms with E-state index in [9.17, 15) is 4.79 Å². The average molecular weight is 375 g/mol. The molecule has 0 aromatic heterocycles. The van der Waals surface area contributed by atoms with Crippen LogP contribution in [0.15, 0.2) is 108 Å². The number of ether oxygens (including phenoxy) is 1. The molecule has 0 aliphatic rings. The van der Waals surface area contributed by atoms with Crippen LogP contribution in [0.1, 0.15) is 6.92 Å². The lowest BCUT2D eigenvalue weighted by Gasteiger charge is -2.26. The minimum Gasteiger partial charge on any atom is -0.463 e. The third kappa shape index (κ3) is 4.27. The molecule has 0 heterocycles. The van der Waals surface area contributed by atoms with Crippen LogP contribution in [-0.2, 0) is 9.53 Å². The van der Waals surface area contributed by atoms with E-state index in [2.05, 4.69) is 36.4 Å². The number of benzene rings is 3. The zero-order valence-corrected chi connectivity index (χ0v) is 16.1. The first-order chi connectivity index (χ1) is 13.3. The number of hydrogen-bond acceptors (Lipinski definition) is 3. The van der Waals surface area contributed by atoms with Crippen molar-refractivity contribution in [3.63, 3.8) is 0 Å². The van der Waals surface area contributed by atoms with E-state index in [0.717, 1.165) is 15.9 Å². The highest BCUT2D eigenvalue weighted by atomic mass is 31.2. The van der Waals surface area contributed by atoms with Gasteiger partial charge in [-0.05, 0) is 6.92 Å². The number of carbonyl (C=O) groups excluding carboxylic acids is 1. The van der Waals surface area contributed by atoms with Gasteiger partial charge in [-0.1, -0.05) is 91.0 Å². The SMILES string of the molecule is CCOC(=O)/C=C/N=P(c1ccccc1)(c1ccccc1)c1ccccc1. The Hall–Kier alpha value is -2.90. The maximum Gasteiger partial charge on any atom is 0.332 e. The van der Waals surface area contributed by atoms with Gasteiger partial charge in [-0.2, -0.15) is 0 Å². The van der Waals surface area contributed by atoms with Crippen molar-refractivity contribution in [3.05, 3.63) is 103 Å². The molecule has 0 saturated heterocycles. The fraction of sp³-hybridized carbons (Fsp3) is 0.0870. The second-order valence-electron chi connectivity index (χ2n) is 5.83. The molecule has 3 nitrogen and oxygen atoms in total. The summed E-state index contributed by atoms with van der Waals surface area (Å²) in [6, 6.07) is 30.8. The Morgan fingerprint density at radius 1 is 0.815 bits per heavy atom. The molecule has 0 fully saturated rings. The van der Waals surface area contributed by atoms with Gasteiger partial charge in [-0.25, -0.2) is 4.79 Å². The van der Waals surface area contributed by atoms with Gasteiger partial charge in [0.05, 0.1) is 13.7 Å². The van der Waals surface area contributed by atoms with E-state index in [1.165, 1.54) is 6.08 Å². The van der Waals surface area contributed by atoms with E-state index in [1.54, 1.807) is 13.1 Å². The molecular formula is C23H22NO2P. The minimum atomic E-state index is -2.30. The third-order valence-corrected chi connectivity index (χ3v) is 7.74. The quantitative estimate of drug-likeness (QED) is 0.367. The zero-order chi connectivity index (χ0) is 19.0. The van der Waals surface area contributed by atoms with Crippen molar-refractivity contribution in [3.8, 4) is 0 Å². The molecule has 3 aromatic rings. The van der Waals surface area contributed by atoms with Crippen LogP contribution in [0.25, 0.3) is 0 Å². The van der Waals surface area contributed by atoms with Gasteiger partial charge < -0.3 is 4.74 Å². The first kappa shape index (κ1) is 18.9. The molecule has 0 radical (unpaired) electrons. The van der Waals surface area contributed by atoms with E-state index in [1.807, 2.05) is 54.6 Å². The molecule has 0 spiro atoms. The Morgan fingerprint density at radius 2 is 1.22 bits per heavy atom. The average Bonchev–Trinajstić information content (AvgIpc) is 2.73. The van der Waals surface area contributed by atoms with Crippen molar-refractivity contribution < 1.29 is 9.53 Å². The van der Waals surface area contributed by atoms with Crippen LogP contribution in [0.2, 0.25) is 0 Å². The number of carbonyl (C=O) groups is 1. The van der Waals surface area contributed by atoms with Gasteiger partial charge in [0, 0.05) is 28.2 Å². The Kier molecular flexibility index (Phi) is 6.40. The number of hydrogen-bond donors (Lipinski definition) is 0. The first-order valence-corrected chi connectivity index (χ1v) is 10.6. The van der Waals surface area contributed by atoms with Crippen molar-refractivity contribution >= 4 is 28.9 Å². The maximum absolute atomic E-state index is 11.8. The van der Waals surface area contributed by atoms with E-state index in [4.69, 9.17) is 9.48 Å². The van der Waals surface area contributed by atoms with E-state index in [0.29, 0.717) is 6.61 Å². The molecule has 3 aromatic carbocycles. The summed E-state index contributed by atoms with van der Waals surface area (Å²) in [5.74, 6) is -0.381. The second-order valence-corrected chi connectivity index (χ2v) is 8.88. The van der Waals surface area contributed by atoms with Crippen LogP contribution in [-0.4, -0.2) is 12.6 Å². The predicted octanol–water partition coefficient (Wildman–Crippen LogP) is 4.24. The molecule has 0 bridgehead atoms. The number of nitrogens with zero attached hydrogens (tertiary/aromatic N) is 1. The Morgan fingerprint density at radius 3 is 1.59 bits per heavy atom. The smallest absolute Gasteiger partial charge is 0.332 e. The molecule has 27 heavy (non-hydrogen) atoms. The molecule has 0 aliphatic heterocycles. The number of rotatable bonds is 6. The van der Waals surface area contributed by atoms with Gasteiger partial charge in [-0.15, -0.1) is 0 Å². The molecular weight excluding hydrogens is 353 g/mol. The summed E-state index contributed by atoms with van der Waals surface area (Å²) < 4.78 is 10.0. The summed E-state index contributed by atoms with van der Waals surface area (Å²) in [6.45, 7) is 2.14. The molecule has 0 unspecified atom stereocenters. The van der Waals surface area contributed by atoms with Crippen molar-refractivity contribution in [2.45, 2.75) is 6.92 Å². The summed E-state index contributed by atoms with van der Waals surface area (Å²) in [6.07, 6.45) is 2.99. The fourth-order valence-electron chi connectivity index (χ4n) is 2.96. The van der Waals surface area contributed by atoms with Gasteiger partial charge in [0.1, 0.15) is 0 Å². The largest absolute Gasteiger partial charge is 0.463 e. The minimum absolute atomic E-state index is 0.347. The summed E-state index contributed by atoms with van der Waals surface area (Å²) >= 11 is 0. The van der Waals surface area contributed by atoms with Crippen molar-refractivity contribution in [1.82, 2.24) is 0 Å². The lowest BCUT2D eigenvalue weighted by Crippen LogP contribution is -2.25. The molecule has 3 rings (SSSR count). The maximum atomic E-state index is 11.8. The van der Waals surface area contributed by atoms with Crippen molar-refractivity contribution in [2.75, 3.05) is 6.61 Å². The van der Waals surface area contributed by atoms with Gasteiger partial charge in [0.25, 0.3) is 0 Å². The first-order valence-electron chi connectivity index (χ1n) is 8.89. The molecule has 4 heteroatoms. The van der Waals surface area contributed by atoms with E-state index in [-0.39, 0.29) is 5.97 Å². The highest BCUT2D eigenvalue weighted by Crippen LogP contribution is 2.46. The molecule has 0 N–H and O–H groups in total. The van der Waals surface area contributed by atoms with Gasteiger partial charge in [0.2, 0.25) is 0 Å². The molecule has 136 valence electrons.